The number of likely N-dealkylation sites (tertiary alicyclic amines) is 1. The Morgan fingerprint density at radius 1 is 1.16 bits per heavy atom. The summed E-state index contributed by atoms with van der Waals surface area (Å²) < 4.78 is 19.0. The molecule has 8 heteroatoms. The van der Waals surface area contributed by atoms with Gasteiger partial charge < -0.3 is 20.5 Å². The number of piperidine rings is 1. The first-order valence-electron chi connectivity index (χ1n) is 10.9. The van der Waals surface area contributed by atoms with Crippen molar-refractivity contribution < 1.29 is 14.2 Å². The number of nitrogens with one attached hydrogen (secondary N) is 2. The fourth-order valence-corrected chi connectivity index (χ4v) is 3.56. The number of nitrogens with zero attached hydrogens (tertiary/aromatic N) is 2. The van der Waals surface area contributed by atoms with Gasteiger partial charge in [0.1, 0.15) is 17.7 Å². The highest BCUT2D eigenvalue weighted by molar-refractivity contribution is 14.0. The Balaban J connectivity index is 0.00000363. The molecule has 3 rings (SSSR count). The van der Waals surface area contributed by atoms with Crippen LogP contribution < -0.4 is 15.4 Å². The van der Waals surface area contributed by atoms with Gasteiger partial charge in [-0.1, -0.05) is 30.3 Å². The lowest BCUT2D eigenvalue weighted by molar-refractivity contribution is 0.0792. The molecule has 2 aromatic carbocycles. The number of hydrogen-bond donors (Lipinski definition) is 3. The van der Waals surface area contributed by atoms with Gasteiger partial charge in [-0.3, -0.25) is 9.89 Å². The number of aliphatic hydroxyl groups excluding tert-OH is 1. The maximum Gasteiger partial charge on any atom is 0.191 e. The van der Waals surface area contributed by atoms with E-state index in [9.17, 15) is 9.50 Å². The van der Waals surface area contributed by atoms with Crippen molar-refractivity contribution in [3.63, 3.8) is 0 Å². The van der Waals surface area contributed by atoms with Gasteiger partial charge >= 0.3 is 0 Å². The van der Waals surface area contributed by atoms with Crippen LogP contribution in [0.15, 0.2) is 53.5 Å². The monoisotopic (exact) mass is 556 g/mol. The summed E-state index contributed by atoms with van der Waals surface area (Å²) >= 11 is 0. The van der Waals surface area contributed by atoms with Crippen LogP contribution in [0.5, 0.6) is 5.75 Å². The van der Waals surface area contributed by atoms with E-state index >= 15 is 0 Å². The highest BCUT2D eigenvalue weighted by atomic mass is 127. The second-order valence-electron chi connectivity index (χ2n) is 8.02. The molecule has 1 aliphatic heterocycles. The fraction of sp³-hybridized carbons (Fsp3) is 0.458. The topological polar surface area (TPSA) is 69.1 Å². The Morgan fingerprint density at radius 2 is 1.84 bits per heavy atom. The van der Waals surface area contributed by atoms with Gasteiger partial charge in [-0.25, -0.2) is 4.39 Å². The van der Waals surface area contributed by atoms with Crippen molar-refractivity contribution in [2.24, 2.45) is 4.99 Å². The van der Waals surface area contributed by atoms with Crippen molar-refractivity contribution in [3.05, 3.63) is 65.5 Å². The molecule has 0 aromatic heterocycles. The summed E-state index contributed by atoms with van der Waals surface area (Å²) in [5.74, 6) is 0.889. The predicted molar refractivity (Wildman–Crippen MR) is 137 cm³/mol. The second-order valence-corrected chi connectivity index (χ2v) is 8.02. The van der Waals surface area contributed by atoms with E-state index in [1.54, 1.807) is 19.2 Å². The third-order valence-corrected chi connectivity index (χ3v) is 5.36. The number of benzene rings is 2. The Labute approximate surface area is 207 Å². The SMILES string of the molecule is CN=C(NCc1ccc(CN2CCC(O)CC2)cc1)NCC(C)Oc1cccc(F)c1.I. The standard InChI is InChI=1S/C24H33FN4O2.HI/c1-18(31-23-5-3-4-21(25)14-23)15-27-24(26-2)28-16-19-6-8-20(9-7-19)17-29-12-10-22(30)11-13-29;/h3-9,14,18,22,30H,10-13,15-17H2,1-2H3,(H2,26,27,28);1H. The van der Waals surface area contributed by atoms with Crippen LogP contribution in [0, 0.1) is 5.82 Å². The molecule has 3 N–H and O–H groups in total. The summed E-state index contributed by atoms with van der Waals surface area (Å²) in [5, 5.41) is 16.2. The number of aliphatic hydroxyl groups is 1. The van der Waals surface area contributed by atoms with Crippen molar-refractivity contribution in [1.82, 2.24) is 15.5 Å². The smallest absolute Gasteiger partial charge is 0.191 e. The molecule has 1 fully saturated rings. The Morgan fingerprint density at radius 3 is 2.50 bits per heavy atom. The van der Waals surface area contributed by atoms with E-state index < -0.39 is 0 Å². The number of aliphatic imine (C=N–C) groups is 1. The van der Waals surface area contributed by atoms with E-state index in [1.165, 1.54) is 23.3 Å². The third-order valence-electron chi connectivity index (χ3n) is 5.36. The predicted octanol–water partition coefficient (Wildman–Crippen LogP) is 3.53. The molecule has 2 aromatic rings. The van der Waals surface area contributed by atoms with E-state index in [1.807, 2.05) is 6.92 Å². The first kappa shape index (κ1) is 26.3. The summed E-state index contributed by atoms with van der Waals surface area (Å²) in [6.45, 7) is 5.95. The second kappa shape index (κ2) is 13.6. The summed E-state index contributed by atoms with van der Waals surface area (Å²) in [4.78, 5) is 6.64. The number of guanidine groups is 1. The molecule has 0 radical (unpaired) electrons. The molecule has 6 nitrogen and oxygen atoms in total. The highest BCUT2D eigenvalue weighted by Gasteiger charge is 2.16. The molecule has 1 aliphatic rings. The lowest BCUT2D eigenvalue weighted by Crippen LogP contribution is -2.41. The average Bonchev–Trinajstić information content (AvgIpc) is 2.76. The summed E-state index contributed by atoms with van der Waals surface area (Å²) in [6, 6.07) is 14.7. The van der Waals surface area contributed by atoms with Gasteiger partial charge in [-0.15, -0.1) is 24.0 Å². The molecule has 0 spiro atoms. The molecule has 32 heavy (non-hydrogen) atoms. The zero-order valence-electron chi connectivity index (χ0n) is 18.8. The summed E-state index contributed by atoms with van der Waals surface area (Å²) in [7, 11) is 1.73. The third kappa shape index (κ3) is 8.91. The molecular formula is C24H34FIN4O2. The van der Waals surface area contributed by atoms with E-state index in [-0.39, 0.29) is 42.0 Å². The molecule has 0 bridgehead atoms. The van der Waals surface area contributed by atoms with E-state index in [0.717, 1.165) is 32.5 Å². The van der Waals surface area contributed by atoms with Crippen LogP contribution >= 0.6 is 24.0 Å². The fourth-order valence-electron chi connectivity index (χ4n) is 3.56. The molecule has 176 valence electrons. The van der Waals surface area contributed by atoms with Crippen molar-refractivity contribution >= 4 is 29.9 Å². The van der Waals surface area contributed by atoms with Crippen LogP contribution in [-0.2, 0) is 13.1 Å². The minimum Gasteiger partial charge on any atom is -0.489 e. The first-order valence-corrected chi connectivity index (χ1v) is 10.9. The van der Waals surface area contributed by atoms with Crippen LogP contribution in [0.3, 0.4) is 0 Å². The Hall–Kier alpha value is -1.91. The highest BCUT2D eigenvalue weighted by Crippen LogP contribution is 2.15. The van der Waals surface area contributed by atoms with Crippen molar-refractivity contribution in [2.45, 2.75) is 45.1 Å². The van der Waals surface area contributed by atoms with Gasteiger partial charge in [0.2, 0.25) is 0 Å². The summed E-state index contributed by atoms with van der Waals surface area (Å²) in [5.41, 5.74) is 2.45. The van der Waals surface area contributed by atoms with Crippen LogP contribution in [0.2, 0.25) is 0 Å². The molecule has 1 atom stereocenters. The largest absolute Gasteiger partial charge is 0.489 e. The van der Waals surface area contributed by atoms with Gasteiger partial charge in [0, 0.05) is 39.3 Å². The lowest BCUT2D eigenvalue weighted by atomic mass is 10.1. The maximum absolute atomic E-state index is 13.3. The van der Waals surface area contributed by atoms with E-state index in [2.05, 4.69) is 44.8 Å². The first-order chi connectivity index (χ1) is 15.0. The minimum atomic E-state index is -0.309. The quantitative estimate of drug-likeness (QED) is 0.264. The molecule has 0 saturated carbocycles. The Kier molecular flexibility index (Phi) is 11.2. The average molecular weight is 556 g/mol. The Bertz CT molecular complexity index is 842. The zero-order chi connectivity index (χ0) is 22.1. The lowest BCUT2D eigenvalue weighted by Gasteiger charge is -2.29. The number of rotatable bonds is 8. The maximum atomic E-state index is 13.3. The van der Waals surface area contributed by atoms with Gasteiger partial charge in [-0.2, -0.15) is 0 Å². The van der Waals surface area contributed by atoms with Gasteiger partial charge in [0.25, 0.3) is 0 Å². The summed E-state index contributed by atoms with van der Waals surface area (Å²) in [6.07, 6.45) is 1.44. The van der Waals surface area contributed by atoms with Gasteiger partial charge in [-0.05, 0) is 43.0 Å². The van der Waals surface area contributed by atoms with Crippen LogP contribution in [-0.4, -0.2) is 54.9 Å². The molecular weight excluding hydrogens is 522 g/mol. The van der Waals surface area contributed by atoms with Crippen LogP contribution in [0.1, 0.15) is 30.9 Å². The molecule has 1 saturated heterocycles. The number of ether oxygens (including phenoxy) is 1. The molecule has 1 heterocycles. The normalized spacial score (nSPS) is 16.2. The van der Waals surface area contributed by atoms with Crippen molar-refractivity contribution in [2.75, 3.05) is 26.7 Å². The van der Waals surface area contributed by atoms with E-state index in [4.69, 9.17) is 4.74 Å². The van der Waals surface area contributed by atoms with E-state index in [0.29, 0.717) is 24.8 Å². The molecule has 1 unspecified atom stereocenters. The molecule has 0 amide bonds. The minimum absolute atomic E-state index is 0. The van der Waals surface area contributed by atoms with Crippen LogP contribution in [0.4, 0.5) is 4.39 Å². The van der Waals surface area contributed by atoms with Gasteiger partial charge in [0.15, 0.2) is 5.96 Å². The number of hydrogen-bond acceptors (Lipinski definition) is 4. The van der Waals surface area contributed by atoms with Crippen molar-refractivity contribution in [1.29, 1.82) is 0 Å². The van der Waals surface area contributed by atoms with Crippen molar-refractivity contribution in [3.8, 4) is 5.75 Å². The number of halogens is 2. The zero-order valence-corrected chi connectivity index (χ0v) is 21.1. The molecule has 0 aliphatic carbocycles. The van der Waals surface area contributed by atoms with Gasteiger partial charge in [0.05, 0.1) is 12.6 Å². The van der Waals surface area contributed by atoms with Crippen LogP contribution in [0.25, 0.3) is 0 Å².